The molecule has 0 aromatic carbocycles. The maximum atomic E-state index is 6.18. The van der Waals surface area contributed by atoms with Gasteiger partial charge in [-0.15, -0.1) is 0 Å². The summed E-state index contributed by atoms with van der Waals surface area (Å²) in [5, 5.41) is 0. The second kappa shape index (κ2) is 2.56. The molecular formula is C10H14N2. The molecule has 0 aliphatic heterocycles. The Labute approximate surface area is 72.8 Å². The molecule has 0 unspecified atom stereocenters. The lowest BCUT2D eigenvalue weighted by atomic mass is 9.72. The normalized spacial score (nSPS) is 20.2. The molecule has 2 heteroatoms. The molecule has 0 spiro atoms. The number of rotatable bonds is 1. The summed E-state index contributed by atoms with van der Waals surface area (Å²) in [5.74, 6) is 0. The van der Waals surface area contributed by atoms with Gasteiger partial charge in [0.2, 0.25) is 0 Å². The Balaban J connectivity index is 2.39. The Bertz CT molecular complexity index is 290. The predicted octanol–water partition coefficient (Wildman–Crippen LogP) is 1.73. The zero-order chi connectivity index (χ0) is 8.60. The third kappa shape index (κ3) is 1.03. The highest BCUT2D eigenvalue weighted by Gasteiger charge is 2.35. The molecule has 0 radical (unpaired) electrons. The summed E-state index contributed by atoms with van der Waals surface area (Å²) >= 11 is 0. The van der Waals surface area contributed by atoms with Crippen LogP contribution in [0.3, 0.4) is 0 Å². The van der Waals surface area contributed by atoms with E-state index in [-0.39, 0.29) is 5.54 Å². The summed E-state index contributed by atoms with van der Waals surface area (Å²) in [7, 11) is 0. The second-order valence-electron chi connectivity index (χ2n) is 3.70. The molecular weight excluding hydrogens is 148 g/mol. The molecule has 1 aliphatic carbocycles. The molecule has 12 heavy (non-hydrogen) atoms. The third-order valence-corrected chi connectivity index (χ3v) is 2.82. The number of aryl methyl sites for hydroxylation is 1. The van der Waals surface area contributed by atoms with Crippen LogP contribution in [0.25, 0.3) is 0 Å². The van der Waals surface area contributed by atoms with Gasteiger partial charge in [0.05, 0.1) is 0 Å². The number of pyridine rings is 1. The van der Waals surface area contributed by atoms with Gasteiger partial charge >= 0.3 is 0 Å². The number of hydrogen-bond donors (Lipinski definition) is 1. The van der Waals surface area contributed by atoms with Gasteiger partial charge < -0.3 is 5.73 Å². The van der Waals surface area contributed by atoms with E-state index in [9.17, 15) is 0 Å². The minimum Gasteiger partial charge on any atom is -0.321 e. The second-order valence-corrected chi connectivity index (χ2v) is 3.70. The highest BCUT2D eigenvalue weighted by molar-refractivity contribution is 5.31. The van der Waals surface area contributed by atoms with E-state index in [4.69, 9.17) is 5.73 Å². The fourth-order valence-electron chi connectivity index (χ4n) is 1.81. The largest absolute Gasteiger partial charge is 0.321 e. The van der Waals surface area contributed by atoms with Crippen LogP contribution in [-0.2, 0) is 5.54 Å². The molecule has 0 bridgehead atoms. The number of nitrogens with two attached hydrogens (primary N) is 1. The van der Waals surface area contributed by atoms with Crippen molar-refractivity contribution in [1.29, 1.82) is 0 Å². The minimum atomic E-state index is -0.0572. The monoisotopic (exact) mass is 162 g/mol. The molecule has 2 N–H and O–H groups in total. The van der Waals surface area contributed by atoms with Crippen molar-refractivity contribution in [2.45, 2.75) is 31.7 Å². The summed E-state index contributed by atoms with van der Waals surface area (Å²) in [6, 6.07) is 2.03. The van der Waals surface area contributed by atoms with Crippen molar-refractivity contribution < 1.29 is 0 Å². The molecule has 1 aliphatic rings. The highest BCUT2D eigenvalue weighted by Crippen LogP contribution is 2.39. The smallest absolute Gasteiger partial charge is 0.0427 e. The van der Waals surface area contributed by atoms with Crippen molar-refractivity contribution in [3.63, 3.8) is 0 Å². The fourth-order valence-corrected chi connectivity index (χ4v) is 1.81. The van der Waals surface area contributed by atoms with E-state index in [1.807, 2.05) is 18.5 Å². The maximum absolute atomic E-state index is 6.18. The lowest BCUT2D eigenvalue weighted by Gasteiger charge is -2.39. The maximum Gasteiger partial charge on any atom is 0.0427 e. The molecule has 1 aromatic rings. The molecule has 1 fully saturated rings. The third-order valence-electron chi connectivity index (χ3n) is 2.82. The topological polar surface area (TPSA) is 38.9 Å². The van der Waals surface area contributed by atoms with Crippen molar-refractivity contribution in [1.82, 2.24) is 4.98 Å². The Kier molecular flexibility index (Phi) is 1.65. The average molecular weight is 162 g/mol. The van der Waals surface area contributed by atoms with E-state index in [2.05, 4.69) is 11.9 Å². The van der Waals surface area contributed by atoms with Crippen LogP contribution in [0.1, 0.15) is 30.4 Å². The molecule has 64 valence electrons. The molecule has 0 atom stereocenters. The summed E-state index contributed by atoms with van der Waals surface area (Å²) in [4.78, 5) is 4.11. The van der Waals surface area contributed by atoms with Crippen LogP contribution in [0.15, 0.2) is 18.5 Å². The van der Waals surface area contributed by atoms with Gasteiger partial charge in [0.25, 0.3) is 0 Å². The van der Waals surface area contributed by atoms with Gasteiger partial charge in [-0.05, 0) is 43.4 Å². The van der Waals surface area contributed by atoms with E-state index < -0.39 is 0 Å². The molecule has 1 saturated carbocycles. The zero-order valence-corrected chi connectivity index (χ0v) is 7.38. The number of nitrogens with zero attached hydrogens (tertiary/aromatic N) is 1. The van der Waals surface area contributed by atoms with Crippen molar-refractivity contribution >= 4 is 0 Å². The van der Waals surface area contributed by atoms with Crippen LogP contribution in [0, 0.1) is 6.92 Å². The molecule has 2 nitrogen and oxygen atoms in total. The van der Waals surface area contributed by atoms with Crippen LogP contribution in [0.2, 0.25) is 0 Å². The van der Waals surface area contributed by atoms with E-state index >= 15 is 0 Å². The van der Waals surface area contributed by atoms with Crippen LogP contribution in [-0.4, -0.2) is 4.98 Å². The SMILES string of the molecule is Cc1ccncc1C1(N)CCC1. The first-order valence-electron chi connectivity index (χ1n) is 4.42. The summed E-state index contributed by atoms with van der Waals surface area (Å²) in [6.07, 6.45) is 7.21. The molecule has 2 rings (SSSR count). The number of hydrogen-bond acceptors (Lipinski definition) is 2. The van der Waals surface area contributed by atoms with Crippen LogP contribution in [0.5, 0.6) is 0 Å². The van der Waals surface area contributed by atoms with Crippen molar-refractivity contribution in [2.75, 3.05) is 0 Å². The first kappa shape index (κ1) is 7.74. The van der Waals surface area contributed by atoms with Gasteiger partial charge in [0.1, 0.15) is 0 Å². The van der Waals surface area contributed by atoms with Crippen LogP contribution < -0.4 is 5.73 Å². The average Bonchev–Trinajstić information content (AvgIpc) is 2.01. The van der Waals surface area contributed by atoms with Gasteiger partial charge in [-0.2, -0.15) is 0 Å². The molecule has 1 aromatic heterocycles. The Morgan fingerprint density at radius 1 is 1.50 bits per heavy atom. The zero-order valence-electron chi connectivity index (χ0n) is 7.38. The van der Waals surface area contributed by atoms with Gasteiger partial charge in [-0.3, -0.25) is 4.98 Å². The van der Waals surface area contributed by atoms with E-state index in [0.717, 1.165) is 12.8 Å². The predicted molar refractivity (Wildman–Crippen MR) is 48.7 cm³/mol. The standard InChI is InChI=1S/C10H14N2/c1-8-3-6-12-7-9(8)10(11)4-2-5-10/h3,6-7H,2,4-5,11H2,1H3. The van der Waals surface area contributed by atoms with Crippen molar-refractivity contribution in [2.24, 2.45) is 5.73 Å². The summed E-state index contributed by atoms with van der Waals surface area (Å²) in [5.41, 5.74) is 8.63. The van der Waals surface area contributed by atoms with E-state index in [1.165, 1.54) is 17.5 Å². The lowest BCUT2D eigenvalue weighted by molar-refractivity contribution is 0.252. The Morgan fingerprint density at radius 2 is 2.25 bits per heavy atom. The molecule has 0 amide bonds. The summed E-state index contributed by atoms with van der Waals surface area (Å²) in [6.45, 7) is 2.10. The highest BCUT2D eigenvalue weighted by atomic mass is 14.8. The van der Waals surface area contributed by atoms with E-state index in [1.54, 1.807) is 0 Å². The Morgan fingerprint density at radius 3 is 2.75 bits per heavy atom. The number of aromatic nitrogens is 1. The van der Waals surface area contributed by atoms with Gasteiger partial charge in [-0.1, -0.05) is 0 Å². The van der Waals surface area contributed by atoms with Gasteiger partial charge in [0.15, 0.2) is 0 Å². The van der Waals surface area contributed by atoms with Gasteiger partial charge in [0, 0.05) is 17.9 Å². The Hall–Kier alpha value is -0.890. The van der Waals surface area contributed by atoms with Gasteiger partial charge in [-0.25, -0.2) is 0 Å². The van der Waals surface area contributed by atoms with E-state index in [0.29, 0.717) is 0 Å². The molecule has 0 saturated heterocycles. The van der Waals surface area contributed by atoms with Crippen LogP contribution >= 0.6 is 0 Å². The first-order chi connectivity index (χ1) is 5.72. The summed E-state index contributed by atoms with van der Waals surface area (Å²) < 4.78 is 0. The van der Waals surface area contributed by atoms with Crippen LogP contribution in [0.4, 0.5) is 0 Å². The molecule has 1 heterocycles. The fraction of sp³-hybridized carbons (Fsp3) is 0.500. The first-order valence-corrected chi connectivity index (χ1v) is 4.42. The van der Waals surface area contributed by atoms with Crippen molar-refractivity contribution in [3.8, 4) is 0 Å². The van der Waals surface area contributed by atoms with Crippen molar-refractivity contribution in [3.05, 3.63) is 29.6 Å². The minimum absolute atomic E-state index is 0.0572. The quantitative estimate of drug-likeness (QED) is 0.683. The lowest BCUT2D eigenvalue weighted by Crippen LogP contribution is -2.43.